The van der Waals surface area contributed by atoms with E-state index in [0.29, 0.717) is 11.4 Å². The van der Waals surface area contributed by atoms with Gasteiger partial charge in [0.25, 0.3) is 11.8 Å². The summed E-state index contributed by atoms with van der Waals surface area (Å²) in [6.07, 6.45) is 1.44. The SMILES string of the molecule is Cc1cc(C)cc(NC(=O)COc2ccc(NC(=O)c3ccco3)cc2)c1. The van der Waals surface area contributed by atoms with Crippen LogP contribution in [0.25, 0.3) is 0 Å². The quantitative estimate of drug-likeness (QED) is 0.688. The molecule has 1 heterocycles. The Morgan fingerprint density at radius 3 is 2.26 bits per heavy atom. The Labute approximate surface area is 157 Å². The van der Waals surface area contributed by atoms with E-state index in [1.165, 1.54) is 6.26 Å². The van der Waals surface area contributed by atoms with Gasteiger partial charge >= 0.3 is 0 Å². The third-order valence-corrected chi connectivity index (χ3v) is 3.73. The van der Waals surface area contributed by atoms with Crippen molar-refractivity contribution in [1.82, 2.24) is 0 Å². The van der Waals surface area contributed by atoms with E-state index < -0.39 is 0 Å². The van der Waals surface area contributed by atoms with E-state index in [4.69, 9.17) is 9.15 Å². The Bertz CT molecular complexity index is 911. The molecule has 0 saturated heterocycles. The first kappa shape index (κ1) is 18.3. The van der Waals surface area contributed by atoms with Crippen LogP contribution in [0.1, 0.15) is 21.7 Å². The van der Waals surface area contributed by atoms with Gasteiger partial charge in [0.1, 0.15) is 5.75 Å². The molecule has 27 heavy (non-hydrogen) atoms. The summed E-state index contributed by atoms with van der Waals surface area (Å²) < 4.78 is 10.5. The zero-order chi connectivity index (χ0) is 19.2. The molecule has 0 fully saturated rings. The van der Waals surface area contributed by atoms with E-state index in [1.807, 2.05) is 32.0 Å². The second kappa shape index (κ2) is 8.23. The van der Waals surface area contributed by atoms with Gasteiger partial charge in [0.2, 0.25) is 0 Å². The van der Waals surface area contributed by atoms with Crippen LogP contribution in [0.3, 0.4) is 0 Å². The zero-order valence-electron chi connectivity index (χ0n) is 15.1. The minimum absolute atomic E-state index is 0.106. The predicted molar refractivity (Wildman–Crippen MR) is 103 cm³/mol. The molecular formula is C21H20N2O4. The van der Waals surface area contributed by atoms with Crippen LogP contribution < -0.4 is 15.4 Å². The van der Waals surface area contributed by atoms with E-state index in [2.05, 4.69) is 10.6 Å². The fraction of sp³-hybridized carbons (Fsp3) is 0.143. The maximum absolute atomic E-state index is 12.0. The van der Waals surface area contributed by atoms with Crippen molar-refractivity contribution in [3.8, 4) is 5.75 Å². The first-order valence-corrected chi connectivity index (χ1v) is 8.45. The Balaban J connectivity index is 1.51. The van der Waals surface area contributed by atoms with E-state index >= 15 is 0 Å². The average molecular weight is 364 g/mol. The van der Waals surface area contributed by atoms with Crippen molar-refractivity contribution in [1.29, 1.82) is 0 Å². The molecule has 0 aliphatic carbocycles. The van der Waals surface area contributed by atoms with Gasteiger partial charge in [0.05, 0.1) is 6.26 Å². The minimum Gasteiger partial charge on any atom is -0.484 e. The highest BCUT2D eigenvalue weighted by atomic mass is 16.5. The number of ether oxygens (including phenoxy) is 1. The van der Waals surface area contributed by atoms with Gasteiger partial charge in [0.15, 0.2) is 12.4 Å². The molecule has 6 nitrogen and oxygen atoms in total. The predicted octanol–water partition coefficient (Wildman–Crippen LogP) is 4.17. The Morgan fingerprint density at radius 2 is 1.63 bits per heavy atom. The molecule has 0 aliphatic rings. The van der Waals surface area contributed by atoms with Crippen molar-refractivity contribution in [2.75, 3.05) is 17.2 Å². The van der Waals surface area contributed by atoms with Gasteiger partial charge in [0, 0.05) is 11.4 Å². The molecule has 3 aromatic rings. The van der Waals surface area contributed by atoms with Crippen LogP contribution in [0.2, 0.25) is 0 Å². The minimum atomic E-state index is -0.332. The summed E-state index contributed by atoms with van der Waals surface area (Å²) in [6, 6.07) is 15.8. The lowest BCUT2D eigenvalue weighted by Gasteiger charge is -2.10. The van der Waals surface area contributed by atoms with Crippen LogP contribution in [0, 0.1) is 13.8 Å². The third-order valence-electron chi connectivity index (χ3n) is 3.73. The average Bonchev–Trinajstić information content (AvgIpc) is 3.15. The molecule has 0 radical (unpaired) electrons. The molecule has 2 aromatic carbocycles. The number of furan rings is 1. The smallest absolute Gasteiger partial charge is 0.291 e. The van der Waals surface area contributed by atoms with Crippen molar-refractivity contribution in [3.63, 3.8) is 0 Å². The Hall–Kier alpha value is -3.54. The maximum Gasteiger partial charge on any atom is 0.291 e. The first-order valence-electron chi connectivity index (χ1n) is 8.45. The van der Waals surface area contributed by atoms with Crippen LogP contribution >= 0.6 is 0 Å². The normalized spacial score (nSPS) is 10.3. The largest absolute Gasteiger partial charge is 0.484 e. The molecule has 0 unspecified atom stereocenters. The second-order valence-electron chi connectivity index (χ2n) is 6.17. The number of rotatable bonds is 6. The lowest BCUT2D eigenvalue weighted by atomic mass is 10.1. The lowest BCUT2D eigenvalue weighted by Crippen LogP contribution is -2.20. The van der Waals surface area contributed by atoms with Crippen LogP contribution in [-0.2, 0) is 4.79 Å². The van der Waals surface area contributed by atoms with Gasteiger partial charge in [-0.2, -0.15) is 0 Å². The molecule has 0 spiro atoms. The number of anilines is 2. The van der Waals surface area contributed by atoms with Gasteiger partial charge in [-0.25, -0.2) is 0 Å². The van der Waals surface area contributed by atoms with E-state index in [-0.39, 0.29) is 24.2 Å². The molecule has 0 saturated carbocycles. The van der Waals surface area contributed by atoms with Crippen LogP contribution in [0.5, 0.6) is 5.75 Å². The zero-order valence-corrected chi connectivity index (χ0v) is 15.1. The molecule has 0 aliphatic heterocycles. The number of nitrogens with one attached hydrogen (secondary N) is 2. The number of carbonyl (C=O) groups is 2. The third kappa shape index (κ3) is 5.22. The number of benzene rings is 2. The number of amides is 2. The summed E-state index contributed by atoms with van der Waals surface area (Å²) in [5, 5.41) is 5.53. The van der Waals surface area contributed by atoms with Gasteiger partial charge in [-0.1, -0.05) is 6.07 Å². The van der Waals surface area contributed by atoms with Crippen molar-refractivity contribution in [3.05, 3.63) is 77.7 Å². The van der Waals surface area contributed by atoms with Crippen molar-refractivity contribution < 1.29 is 18.7 Å². The summed E-state index contributed by atoms with van der Waals surface area (Å²) in [4.78, 5) is 24.0. The maximum atomic E-state index is 12.0. The number of hydrogen-bond acceptors (Lipinski definition) is 4. The van der Waals surface area contributed by atoms with Crippen LogP contribution in [0.4, 0.5) is 11.4 Å². The summed E-state index contributed by atoms with van der Waals surface area (Å²) >= 11 is 0. The molecule has 0 atom stereocenters. The monoisotopic (exact) mass is 364 g/mol. The van der Waals surface area contributed by atoms with E-state index in [0.717, 1.165) is 16.8 Å². The van der Waals surface area contributed by atoms with E-state index in [9.17, 15) is 9.59 Å². The number of hydrogen-bond donors (Lipinski definition) is 2. The molecule has 138 valence electrons. The highest BCUT2D eigenvalue weighted by Crippen LogP contribution is 2.17. The lowest BCUT2D eigenvalue weighted by molar-refractivity contribution is -0.118. The first-order chi connectivity index (χ1) is 13.0. The highest BCUT2D eigenvalue weighted by Gasteiger charge is 2.09. The summed E-state index contributed by atoms with van der Waals surface area (Å²) in [5.74, 6) is 0.191. The molecule has 2 N–H and O–H groups in total. The van der Waals surface area contributed by atoms with Crippen molar-refractivity contribution >= 4 is 23.2 Å². The fourth-order valence-electron chi connectivity index (χ4n) is 2.63. The summed E-state index contributed by atoms with van der Waals surface area (Å²) in [7, 11) is 0. The van der Waals surface area contributed by atoms with Gasteiger partial charge in [-0.3, -0.25) is 9.59 Å². The highest BCUT2D eigenvalue weighted by molar-refractivity contribution is 6.02. The van der Waals surface area contributed by atoms with Crippen LogP contribution in [-0.4, -0.2) is 18.4 Å². The fourth-order valence-corrected chi connectivity index (χ4v) is 2.63. The molecule has 6 heteroatoms. The molecule has 3 rings (SSSR count). The standard InChI is InChI=1S/C21H20N2O4/c1-14-10-15(2)12-17(11-14)22-20(24)13-27-18-7-5-16(6-8-18)23-21(25)19-4-3-9-26-19/h3-12H,13H2,1-2H3,(H,22,24)(H,23,25). The van der Waals surface area contributed by atoms with Crippen molar-refractivity contribution in [2.24, 2.45) is 0 Å². The van der Waals surface area contributed by atoms with E-state index in [1.54, 1.807) is 36.4 Å². The van der Waals surface area contributed by atoms with Crippen molar-refractivity contribution in [2.45, 2.75) is 13.8 Å². The summed E-state index contributed by atoms with van der Waals surface area (Å²) in [5.41, 5.74) is 3.51. The number of carbonyl (C=O) groups excluding carboxylic acids is 2. The second-order valence-corrected chi connectivity index (χ2v) is 6.17. The molecule has 0 bridgehead atoms. The van der Waals surface area contributed by atoms with Gasteiger partial charge in [-0.15, -0.1) is 0 Å². The van der Waals surface area contributed by atoms with Crippen LogP contribution in [0.15, 0.2) is 65.3 Å². The Kier molecular flexibility index (Phi) is 5.56. The summed E-state index contributed by atoms with van der Waals surface area (Å²) in [6.45, 7) is 3.85. The van der Waals surface area contributed by atoms with Gasteiger partial charge in [-0.05, 0) is 73.5 Å². The number of aryl methyl sites for hydroxylation is 2. The molecule has 1 aromatic heterocycles. The molecular weight excluding hydrogens is 344 g/mol. The van der Waals surface area contributed by atoms with Gasteiger partial charge < -0.3 is 19.8 Å². The topological polar surface area (TPSA) is 80.6 Å². The molecule has 2 amide bonds. The Morgan fingerprint density at radius 1 is 0.926 bits per heavy atom.